The van der Waals surface area contributed by atoms with Gasteiger partial charge in [0.2, 0.25) is 6.41 Å². The number of hydrogen-bond acceptors (Lipinski definition) is 3. The highest BCUT2D eigenvalue weighted by Gasteiger charge is 2.20. The lowest BCUT2D eigenvalue weighted by Crippen LogP contribution is -2.40. The molecule has 1 N–H and O–H groups in total. The summed E-state index contributed by atoms with van der Waals surface area (Å²) in [6.45, 7) is 2.61. The monoisotopic (exact) mass is 424 g/mol. The van der Waals surface area contributed by atoms with Crippen LogP contribution in [0, 0.1) is 0 Å². The van der Waals surface area contributed by atoms with Gasteiger partial charge in [0.1, 0.15) is 0 Å². The molecule has 0 radical (unpaired) electrons. The quantitative estimate of drug-likeness (QED) is 0.220. The van der Waals surface area contributed by atoms with Gasteiger partial charge in [0.25, 0.3) is 0 Å². The number of carbonyl (C=O) groups is 1. The third kappa shape index (κ3) is 12.0. The van der Waals surface area contributed by atoms with Crippen molar-refractivity contribution in [2.75, 3.05) is 10.8 Å². The molecule has 1 aromatic rings. The fourth-order valence-electron chi connectivity index (χ4n) is 3.42. The Bertz CT molecular complexity index is 620. The Kier molecular flexibility index (Phi) is 14.5. The second kappa shape index (κ2) is 16.4. The van der Waals surface area contributed by atoms with Crippen LogP contribution in [0.5, 0.6) is 0 Å². The molecule has 0 unspecified atom stereocenters. The molecule has 0 saturated carbocycles. The van der Waals surface area contributed by atoms with Gasteiger partial charge in [-0.1, -0.05) is 109 Å². The lowest BCUT2D eigenvalue weighted by molar-refractivity contribution is -0.106. The molecule has 166 valence electrons. The Morgan fingerprint density at radius 3 is 1.66 bits per heavy atom. The largest absolute Gasteiger partial charge is 0.307 e. The van der Waals surface area contributed by atoms with Crippen LogP contribution in [-0.4, -0.2) is 21.4 Å². The SMILES string of the molecule is CCCCCCCCCCCCCCCCNS(=O)(=O)N(C=O)c1ccccc1. The van der Waals surface area contributed by atoms with Gasteiger partial charge >= 0.3 is 10.2 Å². The van der Waals surface area contributed by atoms with E-state index in [-0.39, 0.29) is 0 Å². The van der Waals surface area contributed by atoms with Crippen LogP contribution in [0.25, 0.3) is 0 Å². The summed E-state index contributed by atoms with van der Waals surface area (Å²) < 4.78 is 27.8. The van der Waals surface area contributed by atoms with E-state index in [1.165, 1.54) is 70.6 Å². The average molecular weight is 425 g/mol. The fourth-order valence-corrected chi connectivity index (χ4v) is 4.48. The second-order valence-corrected chi connectivity index (χ2v) is 9.36. The number of hydrogen-bond donors (Lipinski definition) is 1. The summed E-state index contributed by atoms with van der Waals surface area (Å²) in [6, 6.07) is 8.38. The first-order valence-electron chi connectivity index (χ1n) is 11.4. The van der Waals surface area contributed by atoms with Crippen molar-refractivity contribution in [3.63, 3.8) is 0 Å². The predicted octanol–water partition coefficient (Wildman–Crippen LogP) is 5.97. The summed E-state index contributed by atoms with van der Waals surface area (Å²) in [5.41, 5.74) is 0.343. The molecule has 0 fully saturated rings. The van der Waals surface area contributed by atoms with Crippen molar-refractivity contribution in [2.45, 2.75) is 96.8 Å². The molecule has 29 heavy (non-hydrogen) atoms. The lowest BCUT2D eigenvalue weighted by Gasteiger charge is -2.17. The Morgan fingerprint density at radius 2 is 1.21 bits per heavy atom. The Morgan fingerprint density at radius 1 is 0.759 bits per heavy atom. The minimum atomic E-state index is -3.83. The molecule has 6 heteroatoms. The van der Waals surface area contributed by atoms with Crippen LogP contribution in [0.4, 0.5) is 5.69 Å². The van der Waals surface area contributed by atoms with E-state index in [9.17, 15) is 13.2 Å². The maximum absolute atomic E-state index is 12.3. The number of nitrogens with zero attached hydrogens (tertiary/aromatic N) is 1. The summed E-state index contributed by atoms with van der Waals surface area (Å²) in [7, 11) is -3.83. The third-order valence-electron chi connectivity index (χ3n) is 5.18. The van der Waals surface area contributed by atoms with Gasteiger partial charge in [0, 0.05) is 6.54 Å². The van der Waals surface area contributed by atoms with E-state index >= 15 is 0 Å². The lowest BCUT2D eigenvalue weighted by atomic mass is 10.0. The maximum Gasteiger partial charge on any atom is 0.307 e. The molecular weight excluding hydrogens is 384 g/mol. The Balaban J connectivity index is 2.00. The molecule has 1 amide bonds. The average Bonchev–Trinajstić information content (AvgIpc) is 2.72. The van der Waals surface area contributed by atoms with Crippen LogP contribution < -0.4 is 9.03 Å². The summed E-state index contributed by atoms with van der Waals surface area (Å²) in [6.07, 6.45) is 18.0. The van der Waals surface area contributed by atoms with E-state index in [0.29, 0.717) is 18.6 Å². The highest BCUT2D eigenvalue weighted by atomic mass is 32.2. The van der Waals surface area contributed by atoms with Gasteiger partial charge in [-0.3, -0.25) is 4.79 Å². The molecule has 0 aliphatic heterocycles. The standard InChI is InChI=1S/C23H40N2O3S/c1-2-3-4-5-6-7-8-9-10-11-12-13-14-18-21-24-29(27,28)25(22-26)23-19-16-15-17-20-23/h15-17,19-20,22,24H,2-14,18,21H2,1H3. The first-order chi connectivity index (χ1) is 14.1. The maximum atomic E-state index is 12.3. The molecule has 0 aliphatic carbocycles. The van der Waals surface area contributed by atoms with Gasteiger partial charge in [-0.2, -0.15) is 17.4 Å². The molecule has 0 bridgehead atoms. The first kappa shape index (κ1) is 25.6. The number of anilines is 1. The normalized spacial score (nSPS) is 11.5. The molecule has 0 saturated heterocycles. The number of para-hydroxylation sites is 1. The second-order valence-electron chi connectivity index (χ2n) is 7.73. The van der Waals surface area contributed by atoms with Crippen molar-refractivity contribution in [1.29, 1.82) is 0 Å². The van der Waals surface area contributed by atoms with Gasteiger partial charge in [0.15, 0.2) is 0 Å². The van der Waals surface area contributed by atoms with Gasteiger partial charge < -0.3 is 0 Å². The van der Waals surface area contributed by atoms with Gasteiger partial charge in [-0.15, -0.1) is 0 Å². The molecule has 5 nitrogen and oxygen atoms in total. The highest BCUT2D eigenvalue weighted by molar-refractivity contribution is 7.91. The predicted molar refractivity (Wildman–Crippen MR) is 122 cm³/mol. The molecule has 1 rings (SSSR count). The fraction of sp³-hybridized carbons (Fsp3) is 0.696. The molecule has 1 aromatic carbocycles. The third-order valence-corrected chi connectivity index (χ3v) is 6.56. The van der Waals surface area contributed by atoms with E-state index in [0.717, 1.165) is 23.6 Å². The smallest absolute Gasteiger partial charge is 0.277 e. The summed E-state index contributed by atoms with van der Waals surface area (Å²) in [5.74, 6) is 0. The van der Waals surface area contributed by atoms with Crippen LogP contribution in [0.3, 0.4) is 0 Å². The van der Waals surface area contributed by atoms with E-state index < -0.39 is 10.2 Å². The van der Waals surface area contributed by atoms with Crippen molar-refractivity contribution in [3.05, 3.63) is 30.3 Å². The van der Waals surface area contributed by atoms with Gasteiger partial charge in [-0.25, -0.2) is 0 Å². The molecule has 0 aromatic heterocycles. The minimum Gasteiger partial charge on any atom is -0.277 e. The van der Waals surface area contributed by atoms with Crippen LogP contribution in [-0.2, 0) is 15.0 Å². The molecule has 0 atom stereocenters. The zero-order valence-electron chi connectivity index (χ0n) is 18.2. The number of amides is 1. The van der Waals surface area contributed by atoms with Crippen LogP contribution >= 0.6 is 0 Å². The van der Waals surface area contributed by atoms with Crippen molar-refractivity contribution in [1.82, 2.24) is 4.72 Å². The summed E-state index contributed by atoms with van der Waals surface area (Å²) in [4.78, 5) is 11.2. The van der Waals surface area contributed by atoms with E-state index in [1.54, 1.807) is 30.3 Å². The van der Waals surface area contributed by atoms with E-state index in [2.05, 4.69) is 11.6 Å². The highest BCUT2D eigenvalue weighted by Crippen LogP contribution is 2.15. The van der Waals surface area contributed by atoms with Crippen molar-refractivity contribution >= 4 is 22.3 Å². The topological polar surface area (TPSA) is 66.5 Å². The van der Waals surface area contributed by atoms with Gasteiger partial charge in [0.05, 0.1) is 5.69 Å². The van der Waals surface area contributed by atoms with Crippen LogP contribution in [0.15, 0.2) is 30.3 Å². The molecular formula is C23H40N2O3S. The molecule has 0 spiro atoms. The zero-order chi connectivity index (χ0) is 21.2. The van der Waals surface area contributed by atoms with Crippen molar-refractivity contribution in [2.24, 2.45) is 0 Å². The zero-order valence-corrected chi connectivity index (χ0v) is 19.0. The van der Waals surface area contributed by atoms with E-state index in [4.69, 9.17) is 0 Å². The number of rotatable bonds is 19. The molecule has 0 aliphatic rings. The van der Waals surface area contributed by atoms with E-state index in [1.807, 2.05) is 0 Å². The number of carbonyl (C=O) groups excluding carboxylic acids is 1. The summed E-state index contributed by atoms with van der Waals surface area (Å²) in [5, 5.41) is 0. The Labute approximate surface area is 178 Å². The number of unbranched alkanes of at least 4 members (excludes halogenated alkanes) is 13. The number of nitrogens with one attached hydrogen (secondary N) is 1. The first-order valence-corrected chi connectivity index (χ1v) is 12.8. The summed E-state index contributed by atoms with van der Waals surface area (Å²) >= 11 is 0. The Hall–Kier alpha value is -1.40. The van der Waals surface area contributed by atoms with Crippen molar-refractivity contribution < 1.29 is 13.2 Å². The number of benzene rings is 1. The molecule has 0 heterocycles. The van der Waals surface area contributed by atoms with Crippen LogP contribution in [0.1, 0.15) is 96.8 Å². The van der Waals surface area contributed by atoms with Gasteiger partial charge in [-0.05, 0) is 18.6 Å². The minimum absolute atomic E-state index is 0.336. The van der Waals surface area contributed by atoms with Crippen molar-refractivity contribution in [3.8, 4) is 0 Å². The van der Waals surface area contributed by atoms with Crippen LogP contribution in [0.2, 0.25) is 0 Å².